The van der Waals surface area contributed by atoms with Gasteiger partial charge in [0.15, 0.2) is 0 Å². The first-order valence-corrected chi connectivity index (χ1v) is 7.28. The molecular formula is C14H30N2. The van der Waals surface area contributed by atoms with Gasteiger partial charge in [0.1, 0.15) is 0 Å². The van der Waals surface area contributed by atoms with Gasteiger partial charge >= 0.3 is 0 Å². The van der Waals surface area contributed by atoms with Crippen LogP contribution in [0.4, 0.5) is 0 Å². The van der Waals surface area contributed by atoms with Crippen LogP contribution in [0.2, 0.25) is 0 Å². The smallest absolute Gasteiger partial charge is 0.0166 e. The number of unbranched alkanes of at least 4 members (excludes halogenated alkanes) is 4. The molecule has 16 heavy (non-hydrogen) atoms. The second-order valence-electron chi connectivity index (χ2n) is 5.28. The maximum absolute atomic E-state index is 3.64. The van der Waals surface area contributed by atoms with Crippen LogP contribution >= 0.6 is 0 Å². The van der Waals surface area contributed by atoms with E-state index in [1.165, 1.54) is 71.1 Å². The molecule has 0 aromatic carbocycles. The molecule has 1 saturated heterocycles. The largest absolute Gasteiger partial charge is 0.313 e. The number of rotatable bonds is 9. The Morgan fingerprint density at radius 1 is 1.06 bits per heavy atom. The molecule has 1 rings (SSSR count). The average molecular weight is 226 g/mol. The van der Waals surface area contributed by atoms with Gasteiger partial charge in [-0.2, -0.15) is 0 Å². The van der Waals surface area contributed by atoms with Crippen LogP contribution in [0.5, 0.6) is 0 Å². The summed E-state index contributed by atoms with van der Waals surface area (Å²) >= 11 is 0. The van der Waals surface area contributed by atoms with Gasteiger partial charge in [0.2, 0.25) is 0 Å². The molecule has 0 radical (unpaired) electrons. The lowest BCUT2D eigenvalue weighted by Gasteiger charge is -2.21. The van der Waals surface area contributed by atoms with Crippen molar-refractivity contribution in [2.75, 3.05) is 26.2 Å². The topological polar surface area (TPSA) is 15.3 Å². The third-order valence-corrected chi connectivity index (χ3v) is 3.50. The number of hydrogen-bond donors (Lipinski definition) is 1. The minimum Gasteiger partial charge on any atom is -0.313 e. The molecular weight excluding hydrogens is 196 g/mol. The molecule has 1 fully saturated rings. The maximum Gasteiger partial charge on any atom is 0.0166 e. The van der Waals surface area contributed by atoms with Crippen LogP contribution in [0.15, 0.2) is 0 Å². The summed E-state index contributed by atoms with van der Waals surface area (Å²) in [4.78, 5) is 2.59. The predicted molar refractivity (Wildman–Crippen MR) is 71.9 cm³/mol. The van der Waals surface area contributed by atoms with Gasteiger partial charge in [-0.15, -0.1) is 0 Å². The zero-order valence-electron chi connectivity index (χ0n) is 11.3. The van der Waals surface area contributed by atoms with E-state index >= 15 is 0 Å². The van der Waals surface area contributed by atoms with Crippen LogP contribution in [0.1, 0.15) is 58.8 Å². The van der Waals surface area contributed by atoms with Crippen LogP contribution in [0.3, 0.4) is 0 Å². The van der Waals surface area contributed by atoms with Gasteiger partial charge in [0.05, 0.1) is 0 Å². The average Bonchev–Trinajstić information content (AvgIpc) is 2.76. The molecule has 2 nitrogen and oxygen atoms in total. The zero-order valence-corrected chi connectivity index (χ0v) is 11.3. The molecule has 0 aromatic heterocycles. The van der Waals surface area contributed by atoms with Crippen molar-refractivity contribution >= 4 is 0 Å². The Morgan fingerprint density at radius 2 is 1.75 bits per heavy atom. The van der Waals surface area contributed by atoms with Gasteiger partial charge in [0.25, 0.3) is 0 Å². The van der Waals surface area contributed by atoms with Crippen molar-refractivity contribution in [2.45, 2.75) is 64.8 Å². The van der Waals surface area contributed by atoms with Crippen molar-refractivity contribution in [3.63, 3.8) is 0 Å². The first kappa shape index (κ1) is 14.0. The van der Waals surface area contributed by atoms with Crippen LogP contribution < -0.4 is 5.32 Å². The molecule has 1 unspecified atom stereocenters. The Morgan fingerprint density at radius 3 is 2.44 bits per heavy atom. The van der Waals surface area contributed by atoms with E-state index in [9.17, 15) is 0 Å². The van der Waals surface area contributed by atoms with E-state index in [2.05, 4.69) is 24.1 Å². The van der Waals surface area contributed by atoms with Crippen molar-refractivity contribution < 1.29 is 0 Å². The Bertz CT molecular complexity index is 153. The van der Waals surface area contributed by atoms with E-state index < -0.39 is 0 Å². The predicted octanol–water partition coefficient (Wildman–Crippen LogP) is 3.03. The molecule has 96 valence electrons. The molecule has 0 amide bonds. The van der Waals surface area contributed by atoms with E-state index in [0.29, 0.717) is 6.04 Å². The fourth-order valence-corrected chi connectivity index (χ4v) is 2.49. The molecule has 0 spiro atoms. The Labute approximate surface area is 102 Å². The highest BCUT2D eigenvalue weighted by Gasteiger charge is 2.13. The summed E-state index contributed by atoms with van der Waals surface area (Å²) in [6, 6.07) is 0.671. The zero-order chi connectivity index (χ0) is 11.6. The first-order valence-electron chi connectivity index (χ1n) is 7.28. The summed E-state index contributed by atoms with van der Waals surface area (Å²) in [5.74, 6) is 0. The van der Waals surface area contributed by atoms with Crippen LogP contribution in [0.25, 0.3) is 0 Å². The van der Waals surface area contributed by atoms with Crippen molar-refractivity contribution in [3.05, 3.63) is 0 Å². The summed E-state index contributed by atoms with van der Waals surface area (Å²) in [6.07, 6.45) is 9.73. The van der Waals surface area contributed by atoms with Gasteiger partial charge in [-0.3, -0.25) is 0 Å². The summed E-state index contributed by atoms with van der Waals surface area (Å²) < 4.78 is 0. The quantitative estimate of drug-likeness (QED) is 0.608. The molecule has 2 heteroatoms. The van der Waals surface area contributed by atoms with Gasteiger partial charge in [0, 0.05) is 12.6 Å². The second kappa shape index (κ2) is 9.00. The molecule has 1 aliphatic rings. The molecule has 0 saturated carbocycles. The lowest BCUT2D eigenvalue weighted by atomic mass is 10.1. The number of hydrogen-bond acceptors (Lipinski definition) is 2. The monoisotopic (exact) mass is 226 g/mol. The Balaban J connectivity index is 1.87. The normalized spacial score (nSPS) is 19.1. The molecule has 1 N–H and O–H groups in total. The van der Waals surface area contributed by atoms with Gasteiger partial charge in [-0.25, -0.2) is 0 Å². The Hall–Kier alpha value is -0.0800. The third kappa shape index (κ3) is 6.49. The van der Waals surface area contributed by atoms with Gasteiger partial charge in [-0.1, -0.05) is 32.6 Å². The van der Waals surface area contributed by atoms with Crippen LogP contribution in [0, 0.1) is 0 Å². The SMILES string of the molecule is CCCCCCCNC(C)CN1CCCC1. The maximum atomic E-state index is 3.64. The molecule has 1 atom stereocenters. The number of nitrogens with one attached hydrogen (secondary N) is 1. The highest BCUT2D eigenvalue weighted by atomic mass is 15.2. The summed E-state index contributed by atoms with van der Waals surface area (Å²) in [7, 11) is 0. The number of likely N-dealkylation sites (tertiary alicyclic amines) is 1. The minimum atomic E-state index is 0.671. The van der Waals surface area contributed by atoms with Crippen molar-refractivity contribution in [1.29, 1.82) is 0 Å². The van der Waals surface area contributed by atoms with Crippen molar-refractivity contribution in [1.82, 2.24) is 10.2 Å². The standard InChI is InChI=1S/C14H30N2/c1-3-4-5-6-7-10-15-14(2)13-16-11-8-9-12-16/h14-15H,3-13H2,1-2H3. The lowest BCUT2D eigenvalue weighted by molar-refractivity contribution is 0.298. The fourth-order valence-electron chi connectivity index (χ4n) is 2.49. The fraction of sp³-hybridized carbons (Fsp3) is 1.00. The third-order valence-electron chi connectivity index (χ3n) is 3.50. The highest BCUT2D eigenvalue weighted by Crippen LogP contribution is 2.07. The minimum absolute atomic E-state index is 0.671. The molecule has 0 aromatic rings. The Kier molecular flexibility index (Phi) is 7.87. The van der Waals surface area contributed by atoms with E-state index in [1.807, 2.05) is 0 Å². The lowest BCUT2D eigenvalue weighted by Crippen LogP contribution is -2.38. The number of nitrogens with zero attached hydrogens (tertiary/aromatic N) is 1. The second-order valence-corrected chi connectivity index (χ2v) is 5.28. The highest BCUT2D eigenvalue weighted by molar-refractivity contribution is 4.72. The van der Waals surface area contributed by atoms with E-state index in [1.54, 1.807) is 0 Å². The molecule has 1 aliphatic heterocycles. The van der Waals surface area contributed by atoms with Gasteiger partial charge < -0.3 is 10.2 Å². The van der Waals surface area contributed by atoms with Crippen LogP contribution in [-0.4, -0.2) is 37.1 Å². The van der Waals surface area contributed by atoms with Crippen molar-refractivity contribution in [3.8, 4) is 0 Å². The van der Waals surface area contributed by atoms with E-state index in [0.717, 1.165) is 0 Å². The summed E-state index contributed by atoms with van der Waals surface area (Å²) in [6.45, 7) is 9.69. The molecule has 1 heterocycles. The van der Waals surface area contributed by atoms with Gasteiger partial charge in [-0.05, 0) is 45.8 Å². The van der Waals surface area contributed by atoms with E-state index in [4.69, 9.17) is 0 Å². The van der Waals surface area contributed by atoms with Crippen molar-refractivity contribution in [2.24, 2.45) is 0 Å². The van der Waals surface area contributed by atoms with Crippen LogP contribution in [-0.2, 0) is 0 Å². The van der Waals surface area contributed by atoms with E-state index in [-0.39, 0.29) is 0 Å². The first-order chi connectivity index (χ1) is 7.83. The summed E-state index contributed by atoms with van der Waals surface area (Å²) in [5, 5.41) is 3.64. The summed E-state index contributed by atoms with van der Waals surface area (Å²) in [5.41, 5.74) is 0. The molecule has 0 aliphatic carbocycles. The molecule has 0 bridgehead atoms.